The number of aromatic amines is 1. The predicted octanol–water partition coefficient (Wildman–Crippen LogP) is 2.69. The SMILES string of the molecule is O=c1[nH]n2ccc(-c3ccc4c(c3)CCO4)nc2c1-c1ccccn1. The van der Waals surface area contributed by atoms with Gasteiger partial charge in [-0.25, -0.2) is 9.50 Å². The van der Waals surface area contributed by atoms with Crippen molar-refractivity contribution in [3.05, 3.63) is 70.8 Å². The smallest absolute Gasteiger partial charge is 0.276 e. The Morgan fingerprint density at radius 3 is 2.96 bits per heavy atom. The van der Waals surface area contributed by atoms with E-state index in [-0.39, 0.29) is 5.56 Å². The van der Waals surface area contributed by atoms with Crippen molar-refractivity contribution >= 4 is 5.65 Å². The molecule has 1 aliphatic heterocycles. The van der Waals surface area contributed by atoms with Gasteiger partial charge in [-0.05, 0) is 42.0 Å². The van der Waals surface area contributed by atoms with E-state index in [2.05, 4.69) is 16.1 Å². The molecule has 0 saturated carbocycles. The fourth-order valence-corrected chi connectivity index (χ4v) is 3.20. The van der Waals surface area contributed by atoms with Crippen LogP contribution in [0.25, 0.3) is 28.2 Å². The molecule has 6 heteroatoms. The van der Waals surface area contributed by atoms with E-state index in [9.17, 15) is 4.79 Å². The van der Waals surface area contributed by atoms with Crippen molar-refractivity contribution in [2.45, 2.75) is 6.42 Å². The summed E-state index contributed by atoms with van der Waals surface area (Å²) < 4.78 is 7.19. The summed E-state index contributed by atoms with van der Waals surface area (Å²) in [5, 5.41) is 2.78. The fraction of sp³-hybridized carbons (Fsp3) is 0.105. The first-order valence-electron chi connectivity index (χ1n) is 8.08. The average molecular weight is 330 g/mol. The Morgan fingerprint density at radius 2 is 2.08 bits per heavy atom. The van der Waals surface area contributed by atoms with Gasteiger partial charge in [0.1, 0.15) is 11.3 Å². The van der Waals surface area contributed by atoms with Crippen LogP contribution in [-0.2, 0) is 6.42 Å². The van der Waals surface area contributed by atoms with Gasteiger partial charge in [0.05, 0.1) is 18.0 Å². The Morgan fingerprint density at radius 1 is 1.12 bits per heavy atom. The molecule has 25 heavy (non-hydrogen) atoms. The second-order valence-electron chi connectivity index (χ2n) is 5.96. The predicted molar refractivity (Wildman–Crippen MR) is 93.7 cm³/mol. The molecule has 1 N–H and O–H groups in total. The number of hydrogen-bond donors (Lipinski definition) is 1. The molecule has 0 amide bonds. The van der Waals surface area contributed by atoms with Crippen molar-refractivity contribution in [1.29, 1.82) is 0 Å². The van der Waals surface area contributed by atoms with E-state index in [1.165, 1.54) is 5.56 Å². The van der Waals surface area contributed by atoms with Gasteiger partial charge in [-0.2, -0.15) is 0 Å². The van der Waals surface area contributed by atoms with E-state index < -0.39 is 0 Å². The molecule has 0 atom stereocenters. The van der Waals surface area contributed by atoms with Crippen LogP contribution in [0.1, 0.15) is 5.56 Å². The van der Waals surface area contributed by atoms with Crippen LogP contribution in [-0.4, -0.2) is 26.2 Å². The molecule has 1 aromatic carbocycles. The molecule has 4 heterocycles. The van der Waals surface area contributed by atoms with Gasteiger partial charge in [0.2, 0.25) is 0 Å². The number of aromatic nitrogens is 4. The van der Waals surface area contributed by atoms with Crippen molar-refractivity contribution in [3.63, 3.8) is 0 Å². The zero-order valence-electron chi connectivity index (χ0n) is 13.3. The summed E-state index contributed by atoms with van der Waals surface area (Å²) in [4.78, 5) is 21.4. The number of rotatable bonds is 2. The quantitative estimate of drug-likeness (QED) is 0.613. The number of hydrogen-bond acceptors (Lipinski definition) is 4. The van der Waals surface area contributed by atoms with Crippen LogP contribution in [0.4, 0.5) is 0 Å². The van der Waals surface area contributed by atoms with Gasteiger partial charge in [0.15, 0.2) is 5.65 Å². The first-order chi connectivity index (χ1) is 12.3. The molecule has 0 fully saturated rings. The summed E-state index contributed by atoms with van der Waals surface area (Å²) in [6, 6.07) is 13.5. The molecule has 5 rings (SSSR count). The van der Waals surface area contributed by atoms with Gasteiger partial charge < -0.3 is 4.74 Å². The summed E-state index contributed by atoms with van der Waals surface area (Å²) in [6.45, 7) is 0.724. The molecule has 0 spiro atoms. The maximum absolute atomic E-state index is 12.4. The Hall–Kier alpha value is -3.41. The lowest BCUT2D eigenvalue weighted by atomic mass is 10.1. The molecule has 4 aromatic rings. The first kappa shape index (κ1) is 14.0. The minimum Gasteiger partial charge on any atom is -0.493 e. The van der Waals surface area contributed by atoms with Gasteiger partial charge >= 0.3 is 0 Å². The largest absolute Gasteiger partial charge is 0.493 e. The third kappa shape index (κ3) is 2.22. The van der Waals surface area contributed by atoms with E-state index in [1.54, 1.807) is 10.7 Å². The zero-order chi connectivity index (χ0) is 16.8. The summed E-state index contributed by atoms with van der Waals surface area (Å²) in [5.41, 5.74) is 4.46. The highest BCUT2D eigenvalue weighted by Gasteiger charge is 2.16. The van der Waals surface area contributed by atoms with Crippen molar-refractivity contribution in [1.82, 2.24) is 19.6 Å². The maximum Gasteiger partial charge on any atom is 0.276 e. The fourth-order valence-electron chi connectivity index (χ4n) is 3.20. The molecule has 0 bridgehead atoms. The number of fused-ring (bicyclic) bond motifs is 2. The highest BCUT2D eigenvalue weighted by molar-refractivity contribution is 5.76. The number of benzene rings is 1. The van der Waals surface area contributed by atoms with Gasteiger partial charge in [-0.3, -0.25) is 14.9 Å². The van der Waals surface area contributed by atoms with E-state index in [0.717, 1.165) is 30.0 Å². The molecule has 6 nitrogen and oxygen atoms in total. The van der Waals surface area contributed by atoms with E-state index in [4.69, 9.17) is 9.72 Å². The number of H-pyrrole nitrogens is 1. The van der Waals surface area contributed by atoms with Crippen LogP contribution in [0.5, 0.6) is 5.75 Å². The average Bonchev–Trinajstić information content (AvgIpc) is 3.24. The molecule has 0 aliphatic carbocycles. The highest BCUT2D eigenvalue weighted by atomic mass is 16.5. The number of nitrogens with one attached hydrogen (secondary N) is 1. The summed E-state index contributed by atoms with van der Waals surface area (Å²) in [7, 11) is 0. The number of nitrogens with zero attached hydrogens (tertiary/aromatic N) is 3. The van der Waals surface area contributed by atoms with Crippen LogP contribution < -0.4 is 10.3 Å². The summed E-state index contributed by atoms with van der Waals surface area (Å²) >= 11 is 0. The lowest BCUT2D eigenvalue weighted by Crippen LogP contribution is -2.03. The number of ether oxygens (including phenoxy) is 1. The molecule has 1 aliphatic rings. The second-order valence-corrected chi connectivity index (χ2v) is 5.96. The van der Waals surface area contributed by atoms with Crippen molar-refractivity contribution in [2.75, 3.05) is 6.61 Å². The minimum absolute atomic E-state index is 0.203. The monoisotopic (exact) mass is 330 g/mol. The maximum atomic E-state index is 12.4. The lowest BCUT2D eigenvalue weighted by molar-refractivity contribution is 0.357. The van der Waals surface area contributed by atoms with Crippen molar-refractivity contribution in [3.8, 4) is 28.3 Å². The third-order valence-corrected chi connectivity index (χ3v) is 4.41. The third-order valence-electron chi connectivity index (χ3n) is 4.41. The zero-order valence-corrected chi connectivity index (χ0v) is 13.3. The molecular formula is C19H14N4O2. The molecule has 3 aromatic heterocycles. The van der Waals surface area contributed by atoms with Crippen LogP contribution in [0.3, 0.4) is 0 Å². The van der Waals surface area contributed by atoms with E-state index in [0.29, 0.717) is 16.9 Å². The molecule has 0 unspecified atom stereocenters. The normalized spacial score (nSPS) is 13.0. The number of pyridine rings is 1. The van der Waals surface area contributed by atoms with Crippen LogP contribution in [0.2, 0.25) is 0 Å². The van der Waals surface area contributed by atoms with Gasteiger partial charge in [0.25, 0.3) is 5.56 Å². The standard InChI is InChI=1S/C19H14N4O2/c24-19-17(15-3-1-2-8-20-15)18-21-14(6-9-23(18)22-19)12-4-5-16-13(11-12)7-10-25-16/h1-6,8-9,11H,7,10H2,(H,22,24). The van der Waals surface area contributed by atoms with Crippen LogP contribution in [0.15, 0.2) is 59.7 Å². The van der Waals surface area contributed by atoms with Gasteiger partial charge in [-0.15, -0.1) is 0 Å². The van der Waals surface area contributed by atoms with Crippen LogP contribution >= 0.6 is 0 Å². The van der Waals surface area contributed by atoms with E-state index in [1.807, 2.05) is 42.6 Å². The Labute approximate surface area is 142 Å². The van der Waals surface area contributed by atoms with Crippen molar-refractivity contribution < 1.29 is 4.74 Å². The van der Waals surface area contributed by atoms with Gasteiger partial charge in [-0.1, -0.05) is 6.07 Å². The summed E-state index contributed by atoms with van der Waals surface area (Å²) in [5.74, 6) is 0.942. The Kier molecular flexibility index (Phi) is 2.97. The highest BCUT2D eigenvalue weighted by Crippen LogP contribution is 2.30. The molecular weight excluding hydrogens is 316 g/mol. The lowest BCUT2D eigenvalue weighted by Gasteiger charge is -2.05. The van der Waals surface area contributed by atoms with Crippen molar-refractivity contribution in [2.24, 2.45) is 0 Å². The molecule has 0 radical (unpaired) electrons. The van der Waals surface area contributed by atoms with E-state index >= 15 is 0 Å². The molecule has 0 saturated heterocycles. The second kappa shape index (κ2) is 5.31. The minimum atomic E-state index is -0.203. The molecule has 122 valence electrons. The summed E-state index contributed by atoms with van der Waals surface area (Å²) in [6.07, 6.45) is 4.39. The van der Waals surface area contributed by atoms with Crippen LogP contribution in [0, 0.1) is 0 Å². The first-order valence-corrected chi connectivity index (χ1v) is 8.08. The van der Waals surface area contributed by atoms with Gasteiger partial charge in [0, 0.05) is 24.4 Å². The Balaban J connectivity index is 1.70. The Bertz CT molecular complexity index is 1150. The topological polar surface area (TPSA) is 72.3 Å².